The molecule has 0 unspecified atom stereocenters. The molecule has 0 aliphatic heterocycles. The van der Waals surface area contributed by atoms with Crippen LogP contribution in [0.5, 0.6) is 0 Å². The molecule has 228 valence electrons. The smallest absolute Gasteiger partial charge is 0.255 e. The fraction of sp³-hybridized carbons (Fsp3) is 0.118. The van der Waals surface area contributed by atoms with E-state index in [4.69, 9.17) is 4.98 Å². The van der Waals surface area contributed by atoms with Gasteiger partial charge in [-0.05, 0) is 62.6 Å². The minimum atomic E-state index is -0.365. The lowest BCUT2D eigenvalue weighted by atomic mass is 10.1. The Hall–Kier alpha value is -6.01. The van der Waals surface area contributed by atoms with Gasteiger partial charge in [-0.1, -0.05) is 18.2 Å². The lowest BCUT2D eigenvalue weighted by Crippen LogP contribution is -2.20. The third kappa shape index (κ3) is 5.88. The Labute approximate surface area is 263 Å². The first kappa shape index (κ1) is 28.7. The number of aromatic amines is 2. The zero-order chi connectivity index (χ0) is 31.6. The van der Waals surface area contributed by atoms with Gasteiger partial charge in [-0.15, -0.1) is 0 Å². The molecule has 12 heteroatoms. The maximum atomic E-state index is 14.7. The largest absolute Gasteiger partial charge is 0.384 e. The van der Waals surface area contributed by atoms with Crippen molar-refractivity contribution in [1.82, 2.24) is 40.0 Å². The molecule has 7 rings (SSSR count). The molecule has 11 nitrogen and oxygen atoms in total. The molecule has 4 N–H and O–H groups in total. The van der Waals surface area contributed by atoms with Gasteiger partial charge in [0, 0.05) is 53.2 Å². The third-order valence-electron chi connectivity index (χ3n) is 7.46. The summed E-state index contributed by atoms with van der Waals surface area (Å²) in [7, 11) is 3.98. The molecule has 0 aliphatic rings. The summed E-state index contributed by atoms with van der Waals surface area (Å²) in [5.41, 5.74) is 6.94. The molecule has 7 aromatic rings. The predicted molar refractivity (Wildman–Crippen MR) is 177 cm³/mol. The number of rotatable bonds is 9. The average molecular weight is 613 g/mol. The number of carbonyl (C=O) groups is 1. The summed E-state index contributed by atoms with van der Waals surface area (Å²) in [5.74, 6) is -0.0693. The minimum absolute atomic E-state index is 0.228. The Kier molecular flexibility index (Phi) is 7.61. The van der Waals surface area contributed by atoms with Crippen molar-refractivity contribution in [3.63, 3.8) is 0 Å². The molecule has 0 radical (unpaired) electrons. The second-order valence-electron chi connectivity index (χ2n) is 11.1. The van der Waals surface area contributed by atoms with Crippen LogP contribution in [0.3, 0.4) is 0 Å². The molecular weight excluding hydrogens is 583 g/mol. The third-order valence-corrected chi connectivity index (χ3v) is 7.46. The van der Waals surface area contributed by atoms with Crippen LogP contribution >= 0.6 is 0 Å². The quantitative estimate of drug-likeness (QED) is 0.156. The highest BCUT2D eigenvalue weighted by atomic mass is 19.1. The molecule has 0 bridgehead atoms. The highest BCUT2D eigenvalue weighted by molar-refractivity contribution is 6.04. The molecule has 0 atom stereocenters. The molecule has 2 aromatic carbocycles. The average Bonchev–Trinajstić information content (AvgIpc) is 3.69. The number of pyridine rings is 3. The van der Waals surface area contributed by atoms with Gasteiger partial charge in [-0.25, -0.2) is 9.37 Å². The first-order valence-electron chi connectivity index (χ1n) is 14.6. The van der Waals surface area contributed by atoms with Crippen molar-refractivity contribution in [2.75, 3.05) is 37.8 Å². The van der Waals surface area contributed by atoms with Gasteiger partial charge in [0.2, 0.25) is 0 Å². The van der Waals surface area contributed by atoms with Crippen molar-refractivity contribution in [2.24, 2.45) is 0 Å². The summed E-state index contributed by atoms with van der Waals surface area (Å²) < 4.78 is 14.7. The minimum Gasteiger partial charge on any atom is -0.384 e. The van der Waals surface area contributed by atoms with E-state index >= 15 is 0 Å². The van der Waals surface area contributed by atoms with E-state index in [0.29, 0.717) is 57.5 Å². The van der Waals surface area contributed by atoms with Crippen molar-refractivity contribution < 1.29 is 9.18 Å². The van der Waals surface area contributed by atoms with Crippen LogP contribution in [0.4, 0.5) is 15.8 Å². The van der Waals surface area contributed by atoms with Crippen LogP contribution in [-0.4, -0.2) is 73.1 Å². The van der Waals surface area contributed by atoms with Crippen molar-refractivity contribution in [3.8, 4) is 34.0 Å². The van der Waals surface area contributed by atoms with E-state index in [-0.39, 0.29) is 11.7 Å². The fourth-order valence-corrected chi connectivity index (χ4v) is 5.21. The van der Waals surface area contributed by atoms with Gasteiger partial charge in [0.15, 0.2) is 5.82 Å². The number of imidazole rings is 1. The van der Waals surface area contributed by atoms with Crippen molar-refractivity contribution in [3.05, 3.63) is 103 Å². The molecular formula is C34H29FN10O. The molecule has 5 aromatic heterocycles. The summed E-state index contributed by atoms with van der Waals surface area (Å²) in [4.78, 5) is 36.5. The first-order valence-corrected chi connectivity index (χ1v) is 14.6. The van der Waals surface area contributed by atoms with Crippen LogP contribution in [0.2, 0.25) is 0 Å². The van der Waals surface area contributed by atoms with E-state index in [1.165, 1.54) is 12.1 Å². The van der Waals surface area contributed by atoms with Crippen LogP contribution in [0.1, 0.15) is 10.4 Å². The Bertz CT molecular complexity index is 2190. The highest BCUT2D eigenvalue weighted by Gasteiger charge is 2.18. The fourth-order valence-electron chi connectivity index (χ4n) is 5.21. The van der Waals surface area contributed by atoms with Gasteiger partial charge in [-0.2, -0.15) is 5.10 Å². The number of likely N-dealkylation sites (N-methyl/N-ethyl adjacent to an activating group) is 1. The second-order valence-corrected chi connectivity index (χ2v) is 11.1. The molecule has 46 heavy (non-hydrogen) atoms. The van der Waals surface area contributed by atoms with Gasteiger partial charge >= 0.3 is 0 Å². The van der Waals surface area contributed by atoms with Crippen LogP contribution in [-0.2, 0) is 0 Å². The Morgan fingerprint density at radius 3 is 2.59 bits per heavy atom. The van der Waals surface area contributed by atoms with Crippen LogP contribution in [0.25, 0.3) is 56.0 Å². The lowest BCUT2D eigenvalue weighted by molar-refractivity contribution is 0.102. The number of hydrogen-bond acceptors (Lipinski definition) is 8. The van der Waals surface area contributed by atoms with Crippen LogP contribution in [0.15, 0.2) is 91.5 Å². The number of nitrogens with one attached hydrogen (secondary N) is 4. The van der Waals surface area contributed by atoms with E-state index in [1.807, 2.05) is 56.6 Å². The number of fused-ring (bicyclic) bond motifs is 2. The Balaban J connectivity index is 1.21. The maximum Gasteiger partial charge on any atom is 0.255 e. The van der Waals surface area contributed by atoms with Crippen molar-refractivity contribution >= 4 is 39.2 Å². The van der Waals surface area contributed by atoms with E-state index < -0.39 is 0 Å². The van der Waals surface area contributed by atoms with Gasteiger partial charge < -0.3 is 20.5 Å². The summed E-state index contributed by atoms with van der Waals surface area (Å²) >= 11 is 0. The molecule has 0 fully saturated rings. The number of hydrogen-bond donors (Lipinski definition) is 4. The lowest BCUT2D eigenvalue weighted by Gasteiger charge is -2.12. The number of carbonyl (C=O) groups excluding carboxylic acids is 1. The monoisotopic (exact) mass is 612 g/mol. The topological polar surface area (TPSA) is 140 Å². The zero-order valence-corrected chi connectivity index (χ0v) is 25.0. The van der Waals surface area contributed by atoms with Gasteiger partial charge in [0.25, 0.3) is 5.91 Å². The number of benzene rings is 2. The van der Waals surface area contributed by atoms with E-state index in [0.717, 1.165) is 28.5 Å². The Morgan fingerprint density at radius 1 is 0.891 bits per heavy atom. The number of H-pyrrole nitrogens is 2. The SMILES string of the molecule is CN(C)CCNc1cc(F)cc(-c2nccc3[nH]c(-c4n[nH]c5cnc(-c6cncc(NC(=O)c7ccccc7)c6)cc45)nc23)c1. The van der Waals surface area contributed by atoms with Gasteiger partial charge in [-0.3, -0.25) is 24.8 Å². The van der Waals surface area contributed by atoms with Gasteiger partial charge in [0.1, 0.15) is 17.0 Å². The molecule has 5 heterocycles. The molecule has 1 amide bonds. The molecule has 0 spiro atoms. The van der Waals surface area contributed by atoms with Crippen LogP contribution < -0.4 is 10.6 Å². The van der Waals surface area contributed by atoms with E-state index in [1.54, 1.807) is 36.9 Å². The van der Waals surface area contributed by atoms with Crippen LogP contribution in [0, 0.1) is 5.82 Å². The van der Waals surface area contributed by atoms with Crippen molar-refractivity contribution in [1.29, 1.82) is 0 Å². The summed E-state index contributed by atoms with van der Waals surface area (Å²) in [6.45, 7) is 1.48. The predicted octanol–water partition coefficient (Wildman–Crippen LogP) is 5.99. The molecule has 0 saturated heterocycles. The highest BCUT2D eigenvalue weighted by Crippen LogP contribution is 2.33. The van der Waals surface area contributed by atoms with E-state index in [9.17, 15) is 9.18 Å². The summed E-state index contributed by atoms with van der Waals surface area (Å²) in [6, 6.07) is 19.3. The van der Waals surface area contributed by atoms with Gasteiger partial charge in [0.05, 0.1) is 40.5 Å². The van der Waals surface area contributed by atoms with E-state index in [2.05, 4.69) is 45.7 Å². The standard InChI is InChI=1S/C34H29FN10O/c1-45(2)11-10-37-24-13-21(12-23(35)15-24)30-32-27(8-9-38-30)41-33(42-32)31-26-16-28(39-19-29(26)43-44-31)22-14-25(18-36-17-22)40-34(46)20-6-4-3-5-7-20/h3-9,12-19,37H,10-11H2,1-2H3,(H,40,46)(H,41,42)(H,43,44). The van der Waals surface area contributed by atoms with Crippen molar-refractivity contribution in [2.45, 2.75) is 0 Å². The normalized spacial score (nSPS) is 11.4. The molecule has 0 aliphatic carbocycles. The summed E-state index contributed by atoms with van der Waals surface area (Å²) in [6.07, 6.45) is 6.65. The number of halogens is 1. The number of anilines is 2. The second kappa shape index (κ2) is 12.2. The number of amides is 1. The number of nitrogens with zero attached hydrogens (tertiary/aromatic N) is 6. The zero-order valence-electron chi connectivity index (χ0n) is 25.0. The summed E-state index contributed by atoms with van der Waals surface area (Å²) in [5, 5.41) is 14.5. The first-order chi connectivity index (χ1) is 22.4. The Morgan fingerprint density at radius 2 is 1.74 bits per heavy atom. The number of aromatic nitrogens is 7. The molecule has 0 saturated carbocycles. The maximum absolute atomic E-state index is 14.7.